The molecule has 2 aliphatic rings. The zero-order valence-electron chi connectivity index (χ0n) is 33.2. The van der Waals surface area contributed by atoms with Gasteiger partial charge < -0.3 is 9.80 Å². The predicted molar refractivity (Wildman–Crippen MR) is 261 cm³/mol. The number of fused-ring (bicyclic) bond motifs is 8. The molecule has 0 N–H and O–H groups in total. The van der Waals surface area contributed by atoms with Crippen LogP contribution in [0.25, 0.3) is 65.6 Å². The van der Waals surface area contributed by atoms with Crippen molar-refractivity contribution in [2.24, 2.45) is 0 Å². The summed E-state index contributed by atoms with van der Waals surface area (Å²) < 4.78 is 0. The maximum absolute atomic E-state index is 5.27. The Kier molecular flexibility index (Phi) is 8.05. The third-order valence-electron chi connectivity index (χ3n) is 12.3. The van der Waals surface area contributed by atoms with Crippen LogP contribution in [0, 0.1) is 0 Å². The molecule has 11 aromatic rings. The molecule has 290 valence electrons. The molecule has 0 bridgehead atoms. The molecule has 0 saturated heterocycles. The maximum atomic E-state index is 5.27. The zero-order chi connectivity index (χ0) is 40.7. The lowest BCUT2D eigenvalue weighted by Crippen LogP contribution is -2.15. The molecular formula is C56H34N4S2. The van der Waals surface area contributed by atoms with Crippen LogP contribution in [0.15, 0.2) is 226 Å². The number of rotatable bonds is 4. The van der Waals surface area contributed by atoms with Gasteiger partial charge in [0, 0.05) is 65.2 Å². The maximum Gasteiger partial charge on any atom is 0.0792 e. The second kappa shape index (κ2) is 14.1. The van der Waals surface area contributed by atoms with Gasteiger partial charge in [0.05, 0.1) is 34.1 Å². The van der Waals surface area contributed by atoms with Crippen molar-refractivity contribution in [2.45, 2.75) is 19.6 Å². The summed E-state index contributed by atoms with van der Waals surface area (Å²) in [6.07, 6.45) is 3.92. The van der Waals surface area contributed by atoms with Crippen molar-refractivity contribution in [3.63, 3.8) is 0 Å². The fourth-order valence-corrected chi connectivity index (χ4v) is 11.7. The fraction of sp³-hybridized carbons (Fsp3) is 0. The molecule has 0 aliphatic carbocycles. The minimum Gasteiger partial charge on any atom is -0.308 e. The van der Waals surface area contributed by atoms with Crippen LogP contribution in [-0.4, -0.2) is 9.97 Å². The molecule has 0 saturated carbocycles. The molecule has 0 unspecified atom stereocenters. The van der Waals surface area contributed by atoms with Crippen LogP contribution in [-0.2, 0) is 0 Å². The first-order valence-corrected chi connectivity index (χ1v) is 22.4. The Bertz CT molecular complexity index is 3300. The number of hydrogen-bond acceptors (Lipinski definition) is 6. The van der Waals surface area contributed by atoms with Crippen LogP contribution in [0.2, 0.25) is 0 Å². The highest BCUT2D eigenvalue weighted by atomic mass is 32.2. The van der Waals surface area contributed by atoms with Crippen LogP contribution >= 0.6 is 23.5 Å². The number of anilines is 6. The molecule has 2 aromatic heterocycles. The van der Waals surface area contributed by atoms with Gasteiger partial charge in [0.25, 0.3) is 0 Å². The first-order chi connectivity index (χ1) is 30.8. The molecule has 9 aromatic carbocycles. The van der Waals surface area contributed by atoms with Crippen molar-refractivity contribution in [2.75, 3.05) is 9.80 Å². The van der Waals surface area contributed by atoms with E-state index < -0.39 is 0 Å². The molecule has 0 fully saturated rings. The summed E-state index contributed by atoms with van der Waals surface area (Å²) in [5, 5.41) is 9.02. The van der Waals surface area contributed by atoms with E-state index in [1.165, 1.54) is 42.3 Å². The summed E-state index contributed by atoms with van der Waals surface area (Å²) in [6.45, 7) is 0. The molecule has 4 heterocycles. The standard InChI is InChI=1S/C56H34N4S2/c1-3-15-39-35(13-1)29-31-57-55(39)53-41-27-25-38(60-47-19-7-11-23-51(47)62-52-24-12-8-20-48(52)60)34-44(41)54(56-40-16-4-2-14-36(40)30-32-58-56)42-28-26-37(33-43(42)53)59-45-17-5-9-21-49(45)61-50-22-10-6-18-46(50)59/h1-34H. The molecule has 2 aliphatic heterocycles. The lowest BCUT2D eigenvalue weighted by atomic mass is 9.86. The van der Waals surface area contributed by atoms with Crippen molar-refractivity contribution in [1.29, 1.82) is 0 Å². The van der Waals surface area contributed by atoms with Gasteiger partial charge in [-0.05, 0) is 117 Å². The highest BCUT2D eigenvalue weighted by Crippen LogP contribution is 2.55. The Labute approximate surface area is 367 Å². The molecule has 62 heavy (non-hydrogen) atoms. The van der Waals surface area contributed by atoms with Gasteiger partial charge in [-0.2, -0.15) is 0 Å². The van der Waals surface area contributed by atoms with Gasteiger partial charge in [0.1, 0.15) is 0 Å². The number of nitrogens with zero attached hydrogens (tertiary/aromatic N) is 4. The van der Waals surface area contributed by atoms with Gasteiger partial charge in [-0.1, -0.05) is 133 Å². The van der Waals surface area contributed by atoms with Crippen molar-refractivity contribution < 1.29 is 0 Å². The highest BCUT2D eigenvalue weighted by Gasteiger charge is 2.29. The summed E-state index contributed by atoms with van der Waals surface area (Å²) in [7, 11) is 0. The van der Waals surface area contributed by atoms with Crippen LogP contribution in [0.5, 0.6) is 0 Å². The van der Waals surface area contributed by atoms with Crippen molar-refractivity contribution >= 4 is 101 Å². The summed E-state index contributed by atoms with van der Waals surface area (Å²) >= 11 is 3.66. The van der Waals surface area contributed by atoms with E-state index in [2.05, 4.69) is 204 Å². The topological polar surface area (TPSA) is 32.3 Å². The Morgan fingerprint density at radius 2 is 0.661 bits per heavy atom. The minimum atomic E-state index is 0.959. The molecule has 6 heteroatoms. The summed E-state index contributed by atoms with van der Waals surface area (Å²) in [4.78, 5) is 20.3. The number of hydrogen-bond donors (Lipinski definition) is 0. The summed E-state index contributed by atoms with van der Waals surface area (Å²) in [5.41, 5.74) is 11.0. The Morgan fingerprint density at radius 3 is 1.06 bits per heavy atom. The Balaban J connectivity index is 1.18. The zero-order valence-corrected chi connectivity index (χ0v) is 34.9. The summed E-state index contributed by atoms with van der Waals surface area (Å²) in [6, 6.07) is 70.5. The SMILES string of the molecule is c1ccc2c(c1)Sc1ccccc1N2c1ccc2c(-c3nccc4ccccc34)c3cc(N4c5ccccc5Sc5ccccc54)ccc3c(-c3nccc4ccccc34)c2c1. The Morgan fingerprint density at radius 1 is 0.306 bits per heavy atom. The first-order valence-electron chi connectivity index (χ1n) is 20.8. The largest absolute Gasteiger partial charge is 0.308 e. The van der Waals surface area contributed by atoms with E-state index in [9.17, 15) is 0 Å². The molecule has 0 spiro atoms. The minimum absolute atomic E-state index is 0.959. The molecule has 0 amide bonds. The molecule has 4 nitrogen and oxygen atoms in total. The van der Waals surface area contributed by atoms with Crippen molar-refractivity contribution in [3.05, 3.63) is 207 Å². The smallest absolute Gasteiger partial charge is 0.0792 e. The third-order valence-corrected chi connectivity index (χ3v) is 14.5. The lowest BCUT2D eigenvalue weighted by molar-refractivity contribution is 1.17. The number of pyridine rings is 2. The van der Waals surface area contributed by atoms with Crippen LogP contribution in [0.4, 0.5) is 34.1 Å². The second-order valence-corrected chi connectivity index (χ2v) is 17.9. The average Bonchev–Trinajstić information content (AvgIpc) is 3.33. The van der Waals surface area contributed by atoms with E-state index in [0.717, 1.165) is 77.0 Å². The van der Waals surface area contributed by atoms with Gasteiger partial charge in [0.15, 0.2) is 0 Å². The summed E-state index contributed by atoms with van der Waals surface area (Å²) in [5.74, 6) is 0. The number of benzene rings is 9. The van der Waals surface area contributed by atoms with E-state index in [-0.39, 0.29) is 0 Å². The Hall–Kier alpha value is -7.38. The molecule has 0 atom stereocenters. The van der Waals surface area contributed by atoms with Crippen molar-refractivity contribution in [3.8, 4) is 22.5 Å². The van der Waals surface area contributed by atoms with E-state index in [4.69, 9.17) is 9.97 Å². The normalized spacial score (nSPS) is 13.0. The van der Waals surface area contributed by atoms with Crippen molar-refractivity contribution in [1.82, 2.24) is 9.97 Å². The van der Waals surface area contributed by atoms with E-state index in [0.29, 0.717) is 0 Å². The lowest BCUT2D eigenvalue weighted by Gasteiger charge is -2.33. The van der Waals surface area contributed by atoms with Crippen LogP contribution < -0.4 is 9.80 Å². The third kappa shape index (κ3) is 5.43. The molecule has 13 rings (SSSR count). The fourth-order valence-electron chi connectivity index (χ4n) is 9.60. The number of para-hydroxylation sites is 4. The second-order valence-electron chi connectivity index (χ2n) is 15.7. The van der Waals surface area contributed by atoms with Crippen LogP contribution in [0.3, 0.4) is 0 Å². The monoisotopic (exact) mass is 826 g/mol. The van der Waals surface area contributed by atoms with E-state index in [1.807, 2.05) is 35.9 Å². The van der Waals surface area contributed by atoms with Gasteiger partial charge in [-0.15, -0.1) is 0 Å². The molecule has 0 radical (unpaired) electrons. The van der Waals surface area contributed by atoms with E-state index >= 15 is 0 Å². The van der Waals surface area contributed by atoms with Gasteiger partial charge >= 0.3 is 0 Å². The highest BCUT2D eigenvalue weighted by molar-refractivity contribution is 8.00. The number of aromatic nitrogens is 2. The van der Waals surface area contributed by atoms with Gasteiger partial charge in [0.2, 0.25) is 0 Å². The van der Waals surface area contributed by atoms with Gasteiger partial charge in [-0.3, -0.25) is 9.97 Å². The predicted octanol–water partition coefficient (Wildman–Crippen LogP) is 16.3. The average molecular weight is 827 g/mol. The van der Waals surface area contributed by atoms with E-state index in [1.54, 1.807) is 0 Å². The molecular weight excluding hydrogens is 793 g/mol. The van der Waals surface area contributed by atoms with Crippen LogP contribution in [0.1, 0.15) is 0 Å². The first kappa shape index (κ1) is 35.4. The quantitative estimate of drug-likeness (QED) is 0.164. The van der Waals surface area contributed by atoms with Gasteiger partial charge in [-0.25, -0.2) is 0 Å².